The van der Waals surface area contributed by atoms with E-state index in [0.717, 1.165) is 29.7 Å². The number of unbranched alkanes of at least 4 members (excludes halogenated alkanes) is 1. The molecule has 1 amide bonds. The van der Waals surface area contributed by atoms with Gasteiger partial charge in [0.2, 0.25) is 5.91 Å². The fourth-order valence-electron chi connectivity index (χ4n) is 2.65. The number of ether oxygens (including phenoxy) is 1. The van der Waals surface area contributed by atoms with Gasteiger partial charge in [0.25, 0.3) is 5.56 Å². The van der Waals surface area contributed by atoms with E-state index in [1.807, 2.05) is 0 Å². The third kappa shape index (κ3) is 5.90. The summed E-state index contributed by atoms with van der Waals surface area (Å²) < 4.78 is 5.78. The highest BCUT2D eigenvalue weighted by Gasteiger charge is 2.13. The number of thiazole rings is 1. The number of amides is 1. The third-order valence-corrected chi connectivity index (χ3v) is 5.85. The average molecular weight is 447 g/mol. The van der Waals surface area contributed by atoms with E-state index in [1.165, 1.54) is 29.2 Å². The molecular weight excluding hydrogens is 424 g/mol. The van der Waals surface area contributed by atoms with Crippen molar-refractivity contribution in [3.8, 4) is 0 Å². The van der Waals surface area contributed by atoms with E-state index in [-0.39, 0.29) is 17.2 Å². The van der Waals surface area contributed by atoms with Crippen LogP contribution in [-0.2, 0) is 16.0 Å². The molecule has 2 N–H and O–H groups in total. The summed E-state index contributed by atoms with van der Waals surface area (Å²) in [6.07, 6.45) is 2.71. The first-order valence-electron chi connectivity index (χ1n) is 9.59. The topological polar surface area (TPSA) is 114 Å². The molecule has 0 spiro atoms. The smallest absolute Gasteiger partial charge is 0.338 e. The highest BCUT2D eigenvalue weighted by Crippen LogP contribution is 2.27. The van der Waals surface area contributed by atoms with Crippen molar-refractivity contribution in [3.05, 3.63) is 45.9 Å². The van der Waals surface area contributed by atoms with E-state index in [4.69, 9.17) is 4.74 Å². The van der Waals surface area contributed by atoms with Crippen LogP contribution in [0, 0.1) is 0 Å². The quantitative estimate of drug-likeness (QED) is 0.293. The van der Waals surface area contributed by atoms with Gasteiger partial charge in [0.05, 0.1) is 28.1 Å². The van der Waals surface area contributed by atoms with Crippen molar-refractivity contribution in [3.63, 3.8) is 0 Å². The summed E-state index contributed by atoms with van der Waals surface area (Å²) in [6.45, 7) is 4.13. The lowest BCUT2D eigenvalue weighted by Gasteiger charge is -2.04. The fraction of sp³-hybridized carbons (Fsp3) is 0.350. The van der Waals surface area contributed by atoms with Crippen molar-refractivity contribution in [2.45, 2.75) is 38.3 Å². The highest BCUT2D eigenvalue weighted by molar-refractivity contribution is 7.99. The number of hydrogen-bond donors (Lipinski definition) is 2. The summed E-state index contributed by atoms with van der Waals surface area (Å²) in [5.41, 5.74) is 1.64. The molecule has 0 unspecified atom stereocenters. The Balaban J connectivity index is 1.62. The zero-order chi connectivity index (χ0) is 21.5. The van der Waals surface area contributed by atoms with Crippen LogP contribution in [0.25, 0.3) is 10.2 Å². The number of H-pyrrole nitrogens is 1. The van der Waals surface area contributed by atoms with Gasteiger partial charge >= 0.3 is 5.97 Å². The number of fused-ring (bicyclic) bond motifs is 1. The summed E-state index contributed by atoms with van der Waals surface area (Å²) >= 11 is 2.44. The number of carbonyl (C=O) groups excluding carboxylic acids is 2. The monoisotopic (exact) mass is 446 g/mol. The van der Waals surface area contributed by atoms with Gasteiger partial charge in [-0.05, 0) is 38.0 Å². The molecule has 0 radical (unpaired) electrons. The molecule has 0 fully saturated rings. The number of carbonyl (C=O) groups is 2. The maximum absolute atomic E-state index is 12.3. The Labute approximate surface area is 181 Å². The van der Waals surface area contributed by atoms with Gasteiger partial charge in [-0.3, -0.25) is 9.59 Å². The number of anilines is 1. The van der Waals surface area contributed by atoms with Gasteiger partial charge in [-0.2, -0.15) is 0 Å². The second kappa shape index (κ2) is 10.4. The van der Waals surface area contributed by atoms with Crippen LogP contribution in [-0.4, -0.2) is 39.2 Å². The molecule has 2 aromatic heterocycles. The maximum atomic E-state index is 12.3. The lowest BCUT2D eigenvalue weighted by molar-refractivity contribution is -0.113. The molecule has 8 nitrogen and oxygen atoms in total. The first-order valence-corrected chi connectivity index (χ1v) is 11.4. The fourth-order valence-corrected chi connectivity index (χ4v) is 4.26. The maximum Gasteiger partial charge on any atom is 0.338 e. The van der Waals surface area contributed by atoms with Gasteiger partial charge in [-0.15, -0.1) is 0 Å². The van der Waals surface area contributed by atoms with Gasteiger partial charge in [0.15, 0.2) is 10.3 Å². The Morgan fingerprint density at radius 2 is 2.07 bits per heavy atom. The Morgan fingerprint density at radius 1 is 1.23 bits per heavy atom. The van der Waals surface area contributed by atoms with Gasteiger partial charge in [0, 0.05) is 11.8 Å². The van der Waals surface area contributed by atoms with E-state index < -0.39 is 5.97 Å². The van der Waals surface area contributed by atoms with Crippen LogP contribution in [0.2, 0.25) is 0 Å². The molecule has 30 heavy (non-hydrogen) atoms. The van der Waals surface area contributed by atoms with Crippen molar-refractivity contribution in [2.75, 3.05) is 17.7 Å². The van der Waals surface area contributed by atoms with Gasteiger partial charge in [0.1, 0.15) is 0 Å². The van der Waals surface area contributed by atoms with Crippen LogP contribution in [0.15, 0.2) is 34.2 Å². The van der Waals surface area contributed by atoms with Gasteiger partial charge in [-0.25, -0.2) is 14.8 Å². The Bertz CT molecular complexity index is 1110. The lowest BCUT2D eigenvalue weighted by Crippen LogP contribution is -2.15. The van der Waals surface area contributed by atoms with Crippen LogP contribution in [0.1, 0.15) is 42.7 Å². The predicted molar refractivity (Wildman–Crippen MR) is 118 cm³/mol. The van der Waals surface area contributed by atoms with Crippen LogP contribution >= 0.6 is 23.1 Å². The normalized spacial score (nSPS) is 10.9. The molecule has 0 aliphatic rings. The molecule has 0 saturated carbocycles. The molecule has 0 saturated heterocycles. The standard InChI is InChI=1S/C20H22N4O4S2/c1-3-5-6-13-10-16(25)23-19(21-13)29-11-17(26)24-20-22-14-8-7-12(9-15(14)30-20)18(27)28-4-2/h7-10H,3-6,11H2,1-2H3,(H,21,23,25)(H,22,24,26). The van der Waals surface area contributed by atoms with E-state index in [2.05, 4.69) is 27.2 Å². The molecule has 0 bridgehead atoms. The number of hydrogen-bond acceptors (Lipinski definition) is 8. The molecule has 158 valence electrons. The minimum atomic E-state index is -0.391. The van der Waals surface area contributed by atoms with Crippen molar-refractivity contribution >= 4 is 50.3 Å². The summed E-state index contributed by atoms with van der Waals surface area (Å²) in [6, 6.07) is 6.56. The van der Waals surface area contributed by atoms with Crippen LogP contribution < -0.4 is 10.9 Å². The van der Waals surface area contributed by atoms with E-state index >= 15 is 0 Å². The zero-order valence-corrected chi connectivity index (χ0v) is 18.3. The minimum absolute atomic E-state index is 0.0875. The number of aromatic amines is 1. The number of aromatic nitrogens is 3. The average Bonchev–Trinajstić information content (AvgIpc) is 3.12. The summed E-state index contributed by atoms with van der Waals surface area (Å²) in [7, 11) is 0. The first-order chi connectivity index (χ1) is 14.5. The van der Waals surface area contributed by atoms with Crippen molar-refractivity contribution in [1.29, 1.82) is 0 Å². The van der Waals surface area contributed by atoms with Crippen LogP contribution in [0.5, 0.6) is 0 Å². The SMILES string of the molecule is CCCCc1cc(=O)[nH]c(SCC(=O)Nc2nc3ccc(C(=O)OCC)cc3s2)n1. The van der Waals surface area contributed by atoms with Crippen molar-refractivity contribution < 1.29 is 14.3 Å². The zero-order valence-electron chi connectivity index (χ0n) is 16.7. The molecule has 3 aromatic rings. The largest absolute Gasteiger partial charge is 0.462 e. The number of nitrogens with zero attached hydrogens (tertiary/aromatic N) is 2. The van der Waals surface area contributed by atoms with Gasteiger partial charge in [-0.1, -0.05) is 36.4 Å². The number of thioether (sulfide) groups is 1. The predicted octanol–water partition coefficient (Wildman–Crippen LogP) is 3.63. The molecule has 3 rings (SSSR count). The number of nitrogens with one attached hydrogen (secondary N) is 2. The Kier molecular flexibility index (Phi) is 7.58. The van der Waals surface area contributed by atoms with Crippen molar-refractivity contribution in [1.82, 2.24) is 15.0 Å². The summed E-state index contributed by atoms with van der Waals surface area (Å²) in [5, 5.41) is 3.61. The molecule has 10 heteroatoms. The second-order valence-corrected chi connectivity index (χ2v) is 8.40. The van der Waals surface area contributed by atoms with Crippen LogP contribution in [0.4, 0.5) is 5.13 Å². The molecule has 0 atom stereocenters. The van der Waals surface area contributed by atoms with Crippen molar-refractivity contribution in [2.24, 2.45) is 0 Å². The summed E-state index contributed by atoms with van der Waals surface area (Å²) in [5.74, 6) is -0.562. The van der Waals surface area contributed by atoms with E-state index in [9.17, 15) is 14.4 Å². The first kappa shape index (κ1) is 22.0. The molecular formula is C20H22N4O4S2. The van der Waals surface area contributed by atoms with E-state index in [1.54, 1.807) is 25.1 Å². The van der Waals surface area contributed by atoms with Gasteiger partial charge < -0.3 is 15.0 Å². The minimum Gasteiger partial charge on any atom is -0.462 e. The number of benzene rings is 1. The van der Waals surface area contributed by atoms with Crippen LogP contribution in [0.3, 0.4) is 0 Å². The lowest BCUT2D eigenvalue weighted by atomic mass is 10.2. The Hall–Kier alpha value is -2.72. The second-order valence-electron chi connectivity index (χ2n) is 6.40. The molecule has 1 aromatic carbocycles. The molecule has 0 aliphatic carbocycles. The van der Waals surface area contributed by atoms with E-state index in [0.29, 0.717) is 28.0 Å². The summed E-state index contributed by atoms with van der Waals surface area (Å²) in [4.78, 5) is 47.4. The molecule has 0 aliphatic heterocycles. The number of aryl methyl sites for hydroxylation is 1. The number of esters is 1. The third-order valence-electron chi connectivity index (χ3n) is 4.05. The Morgan fingerprint density at radius 3 is 2.83 bits per heavy atom. The highest BCUT2D eigenvalue weighted by atomic mass is 32.2. The number of rotatable bonds is 9. The molecule has 2 heterocycles.